The van der Waals surface area contributed by atoms with Crippen LogP contribution in [0, 0.1) is 11.8 Å². The highest BCUT2D eigenvalue weighted by Crippen LogP contribution is 2.34. The van der Waals surface area contributed by atoms with Crippen molar-refractivity contribution >= 4 is 33.7 Å². The molecule has 2 aliphatic rings. The predicted molar refractivity (Wildman–Crippen MR) is 92.6 cm³/mol. The van der Waals surface area contributed by atoms with Gasteiger partial charge in [-0.05, 0) is 46.5 Å². The molecule has 0 saturated carbocycles. The van der Waals surface area contributed by atoms with E-state index in [2.05, 4.69) is 15.9 Å². The number of benzene rings is 1. The monoisotopic (exact) mass is 407 g/mol. The molecule has 0 aromatic heterocycles. The molecule has 1 aliphatic heterocycles. The molecular weight excluding hydrogens is 390 g/mol. The molecule has 1 aromatic carbocycles. The number of amides is 2. The number of carbonyl (C=O) groups excluding carboxylic acids is 3. The first-order valence-electron chi connectivity index (χ1n) is 7.99. The lowest BCUT2D eigenvalue weighted by atomic mass is 9.85. The zero-order valence-corrected chi connectivity index (χ0v) is 15.3. The van der Waals surface area contributed by atoms with Crippen LogP contribution in [-0.4, -0.2) is 36.3 Å². The van der Waals surface area contributed by atoms with Crippen LogP contribution >= 0.6 is 15.9 Å². The second kappa shape index (κ2) is 7.39. The van der Waals surface area contributed by atoms with Gasteiger partial charge in [0.1, 0.15) is 18.9 Å². The van der Waals surface area contributed by atoms with Gasteiger partial charge in [-0.25, -0.2) is 0 Å². The number of esters is 1. The number of allylic oxidation sites excluding steroid dienone is 2. The zero-order chi connectivity index (χ0) is 18.0. The van der Waals surface area contributed by atoms with E-state index in [1.54, 1.807) is 25.3 Å². The highest BCUT2D eigenvalue weighted by atomic mass is 79.9. The fraction of sp³-hybridized carbons (Fsp3) is 0.389. The van der Waals surface area contributed by atoms with E-state index in [1.165, 1.54) is 0 Å². The molecular formula is C18H18BrNO5. The van der Waals surface area contributed by atoms with Crippen LogP contribution in [0.15, 0.2) is 34.8 Å². The van der Waals surface area contributed by atoms with Gasteiger partial charge >= 0.3 is 5.97 Å². The Kier molecular flexibility index (Phi) is 5.22. The van der Waals surface area contributed by atoms with Crippen LogP contribution in [0.25, 0.3) is 0 Å². The molecule has 1 aromatic rings. The number of nitrogens with zero attached hydrogens (tertiary/aromatic N) is 1. The van der Waals surface area contributed by atoms with E-state index in [-0.39, 0.29) is 36.8 Å². The van der Waals surface area contributed by atoms with Crippen LogP contribution in [0.1, 0.15) is 18.4 Å². The number of fused-ring (bicyclic) bond motifs is 1. The summed E-state index contributed by atoms with van der Waals surface area (Å²) in [5, 5.41) is 0. The third-order valence-corrected chi connectivity index (χ3v) is 5.12. The minimum Gasteiger partial charge on any atom is -0.496 e. The molecule has 2 amide bonds. The Morgan fingerprint density at radius 1 is 1.20 bits per heavy atom. The maximum absolute atomic E-state index is 12.3. The molecule has 7 heteroatoms. The topological polar surface area (TPSA) is 72.9 Å². The van der Waals surface area contributed by atoms with Crippen molar-refractivity contribution in [3.05, 3.63) is 40.4 Å². The normalized spacial score (nSPS) is 22.1. The molecule has 0 N–H and O–H groups in total. The van der Waals surface area contributed by atoms with Gasteiger partial charge < -0.3 is 9.47 Å². The van der Waals surface area contributed by atoms with Crippen LogP contribution in [0.4, 0.5) is 0 Å². The van der Waals surface area contributed by atoms with Gasteiger partial charge in [-0.2, -0.15) is 0 Å². The van der Waals surface area contributed by atoms with E-state index in [9.17, 15) is 14.4 Å². The number of hydrogen-bond donors (Lipinski definition) is 0. The predicted octanol–water partition coefficient (Wildman–Crippen LogP) is 2.45. The van der Waals surface area contributed by atoms with Crippen LogP contribution < -0.4 is 4.74 Å². The summed E-state index contributed by atoms with van der Waals surface area (Å²) >= 11 is 3.37. The average molecular weight is 408 g/mol. The fourth-order valence-electron chi connectivity index (χ4n) is 3.16. The SMILES string of the molecule is COc1ccc(COC(=O)CN2C(=O)[C@H]3CC=CC[C@H]3C2=O)cc1Br. The van der Waals surface area contributed by atoms with E-state index in [0.717, 1.165) is 14.9 Å². The summed E-state index contributed by atoms with van der Waals surface area (Å²) in [7, 11) is 1.57. The first kappa shape index (κ1) is 17.7. The second-order valence-electron chi connectivity index (χ2n) is 6.05. The third kappa shape index (κ3) is 3.61. The highest BCUT2D eigenvalue weighted by molar-refractivity contribution is 9.10. The Bertz CT molecular complexity index is 719. The van der Waals surface area contributed by atoms with Gasteiger partial charge in [0.05, 0.1) is 23.4 Å². The van der Waals surface area contributed by atoms with Crippen LogP contribution in [0.3, 0.4) is 0 Å². The third-order valence-electron chi connectivity index (χ3n) is 4.50. The molecule has 1 heterocycles. The number of hydrogen-bond acceptors (Lipinski definition) is 5. The molecule has 3 rings (SSSR count). The lowest BCUT2D eigenvalue weighted by molar-refractivity contribution is -0.153. The lowest BCUT2D eigenvalue weighted by Gasteiger charge is -2.14. The molecule has 1 fully saturated rings. The summed E-state index contributed by atoms with van der Waals surface area (Å²) in [5.74, 6) is -1.13. The Morgan fingerprint density at radius 2 is 1.84 bits per heavy atom. The van der Waals surface area contributed by atoms with Crippen molar-refractivity contribution in [2.75, 3.05) is 13.7 Å². The van der Waals surface area contributed by atoms with Crippen molar-refractivity contribution < 1.29 is 23.9 Å². The number of rotatable bonds is 5. The Labute approximate surface area is 153 Å². The fourth-order valence-corrected chi connectivity index (χ4v) is 3.75. The van der Waals surface area contributed by atoms with E-state index in [1.807, 2.05) is 12.2 Å². The van der Waals surface area contributed by atoms with Crippen molar-refractivity contribution in [3.63, 3.8) is 0 Å². The summed E-state index contributed by atoms with van der Waals surface area (Å²) in [4.78, 5) is 37.7. The van der Waals surface area contributed by atoms with Crippen LogP contribution in [0.5, 0.6) is 5.75 Å². The zero-order valence-electron chi connectivity index (χ0n) is 13.7. The molecule has 1 aliphatic carbocycles. The summed E-state index contributed by atoms with van der Waals surface area (Å²) < 4.78 is 11.1. The summed E-state index contributed by atoms with van der Waals surface area (Å²) in [6.07, 6.45) is 4.94. The first-order chi connectivity index (χ1) is 12.0. The smallest absolute Gasteiger partial charge is 0.326 e. The number of methoxy groups -OCH3 is 1. The molecule has 0 unspecified atom stereocenters. The Balaban J connectivity index is 1.57. The molecule has 2 atom stereocenters. The summed E-state index contributed by atoms with van der Waals surface area (Å²) in [6.45, 7) is -0.270. The van der Waals surface area contributed by atoms with Crippen LogP contribution in [0.2, 0.25) is 0 Å². The maximum Gasteiger partial charge on any atom is 0.326 e. The van der Waals surface area contributed by atoms with Crippen LogP contribution in [-0.2, 0) is 25.7 Å². The molecule has 132 valence electrons. The van der Waals surface area contributed by atoms with Crippen molar-refractivity contribution in [2.24, 2.45) is 11.8 Å². The Morgan fingerprint density at radius 3 is 2.40 bits per heavy atom. The number of likely N-dealkylation sites (tertiary alicyclic amines) is 1. The first-order valence-corrected chi connectivity index (χ1v) is 8.79. The van der Waals surface area contributed by atoms with E-state index in [0.29, 0.717) is 18.6 Å². The Hall–Kier alpha value is -2.15. The minimum absolute atomic E-state index is 0.0616. The molecule has 0 radical (unpaired) electrons. The van der Waals surface area contributed by atoms with Gasteiger partial charge in [0.15, 0.2) is 0 Å². The van der Waals surface area contributed by atoms with E-state index in [4.69, 9.17) is 9.47 Å². The largest absolute Gasteiger partial charge is 0.496 e. The standard InChI is InChI=1S/C18H18BrNO5/c1-24-15-7-6-11(8-14(15)19)10-25-16(21)9-20-17(22)12-4-2-3-5-13(12)18(20)23/h2-3,6-8,12-13H,4-5,9-10H2,1H3/t12-,13+. The van der Waals surface area contributed by atoms with Gasteiger partial charge in [0, 0.05) is 0 Å². The molecule has 0 spiro atoms. The lowest BCUT2D eigenvalue weighted by Crippen LogP contribution is -2.36. The van der Waals surface area contributed by atoms with Gasteiger partial charge in [-0.15, -0.1) is 0 Å². The summed E-state index contributed by atoms with van der Waals surface area (Å²) in [6, 6.07) is 5.33. The summed E-state index contributed by atoms with van der Waals surface area (Å²) in [5.41, 5.74) is 0.776. The molecule has 25 heavy (non-hydrogen) atoms. The van der Waals surface area contributed by atoms with E-state index < -0.39 is 5.97 Å². The number of carbonyl (C=O) groups is 3. The van der Waals surface area contributed by atoms with Gasteiger partial charge in [0.2, 0.25) is 11.8 Å². The number of halogens is 1. The van der Waals surface area contributed by atoms with Crippen molar-refractivity contribution in [1.82, 2.24) is 4.90 Å². The van der Waals surface area contributed by atoms with Gasteiger partial charge in [-0.3, -0.25) is 19.3 Å². The average Bonchev–Trinajstić information content (AvgIpc) is 2.85. The highest BCUT2D eigenvalue weighted by Gasteiger charge is 2.47. The quantitative estimate of drug-likeness (QED) is 0.425. The number of ether oxygens (including phenoxy) is 2. The van der Waals surface area contributed by atoms with Gasteiger partial charge in [-0.1, -0.05) is 18.2 Å². The van der Waals surface area contributed by atoms with Crippen molar-refractivity contribution in [2.45, 2.75) is 19.4 Å². The van der Waals surface area contributed by atoms with Crippen molar-refractivity contribution in [1.29, 1.82) is 0 Å². The number of imide groups is 1. The van der Waals surface area contributed by atoms with Gasteiger partial charge in [0.25, 0.3) is 0 Å². The molecule has 0 bridgehead atoms. The maximum atomic E-state index is 12.3. The molecule has 6 nitrogen and oxygen atoms in total. The van der Waals surface area contributed by atoms with E-state index >= 15 is 0 Å². The molecule has 1 saturated heterocycles. The second-order valence-corrected chi connectivity index (χ2v) is 6.90. The van der Waals surface area contributed by atoms with Crippen molar-refractivity contribution in [3.8, 4) is 5.75 Å². The minimum atomic E-state index is -0.597.